The summed E-state index contributed by atoms with van der Waals surface area (Å²) in [6.07, 6.45) is 0. The van der Waals surface area contributed by atoms with E-state index in [-0.39, 0.29) is 0 Å². The highest BCUT2D eigenvalue weighted by Gasteiger charge is 2.49. The molecule has 0 aliphatic carbocycles. The minimum atomic E-state index is -2.48. The van der Waals surface area contributed by atoms with Crippen LogP contribution in [0, 0.1) is 6.92 Å². The Morgan fingerprint density at radius 2 is 1.24 bits per heavy atom. The van der Waals surface area contributed by atoms with Gasteiger partial charge in [-0.2, -0.15) is 0 Å². The zero-order valence-electron chi connectivity index (χ0n) is 18.4. The van der Waals surface area contributed by atoms with E-state index in [0.717, 1.165) is 0 Å². The van der Waals surface area contributed by atoms with Gasteiger partial charge in [0.15, 0.2) is 8.07 Å². The molecule has 1 aliphatic rings. The fourth-order valence-electron chi connectivity index (χ4n) is 5.91. The molecule has 7 rings (SSSR count). The van der Waals surface area contributed by atoms with Gasteiger partial charge in [-0.1, -0.05) is 103 Å². The topological polar surface area (TPSA) is 0 Å². The molecule has 2 heteroatoms. The lowest BCUT2D eigenvalue weighted by molar-refractivity contribution is 1.52. The van der Waals surface area contributed by atoms with Crippen LogP contribution in [0.1, 0.15) is 5.56 Å². The van der Waals surface area contributed by atoms with E-state index in [1.54, 1.807) is 5.19 Å². The molecule has 0 fully saturated rings. The fraction of sp³-hybridized carbons (Fsp3) is 0.0323. The highest BCUT2D eigenvalue weighted by atomic mass is 32.1. The molecule has 0 unspecified atom stereocenters. The number of rotatable bonds is 2. The minimum Gasteiger partial charge on any atom is -0.135 e. The molecular formula is C31H22SSi. The van der Waals surface area contributed by atoms with Gasteiger partial charge in [0, 0.05) is 20.2 Å². The number of fused-ring (bicyclic) bond motifs is 7. The van der Waals surface area contributed by atoms with Crippen molar-refractivity contribution in [3.8, 4) is 11.1 Å². The van der Waals surface area contributed by atoms with E-state index >= 15 is 0 Å². The second-order valence-corrected chi connectivity index (χ2v) is 13.8. The van der Waals surface area contributed by atoms with Crippen LogP contribution in [0.15, 0.2) is 115 Å². The second-order valence-electron chi connectivity index (χ2n) is 8.99. The lowest BCUT2D eigenvalue weighted by atomic mass is 10.0. The first kappa shape index (κ1) is 19.0. The molecule has 0 saturated heterocycles. The molecule has 156 valence electrons. The average Bonchev–Trinajstić information content (AvgIpc) is 3.38. The van der Waals surface area contributed by atoms with Gasteiger partial charge in [0.25, 0.3) is 0 Å². The molecular weight excluding hydrogens is 432 g/mol. The van der Waals surface area contributed by atoms with Crippen LogP contribution in [0.2, 0.25) is 0 Å². The van der Waals surface area contributed by atoms with E-state index in [1.807, 2.05) is 11.3 Å². The van der Waals surface area contributed by atoms with Crippen molar-refractivity contribution in [1.29, 1.82) is 0 Å². The van der Waals surface area contributed by atoms with Crippen molar-refractivity contribution in [3.63, 3.8) is 0 Å². The van der Waals surface area contributed by atoms with Crippen LogP contribution in [0.3, 0.4) is 0 Å². The highest BCUT2D eigenvalue weighted by Crippen LogP contribution is 2.39. The summed E-state index contributed by atoms with van der Waals surface area (Å²) < 4.78 is 2.78. The van der Waals surface area contributed by atoms with Crippen LogP contribution in [0.5, 0.6) is 0 Å². The van der Waals surface area contributed by atoms with Gasteiger partial charge in [-0.25, -0.2) is 0 Å². The quantitative estimate of drug-likeness (QED) is 0.293. The highest BCUT2D eigenvalue weighted by molar-refractivity contribution is 7.28. The summed E-state index contributed by atoms with van der Waals surface area (Å²) in [5, 5.41) is 8.85. The van der Waals surface area contributed by atoms with Crippen molar-refractivity contribution in [1.82, 2.24) is 0 Å². The Labute approximate surface area is 198 Å². The number of hydrogen-bond acceptors (Lipinski definition) is 1. The smallest absolute Gasteiger partial charge is 0.135 e. The lowest BCUT2D eigenvalue weighted by Gasteiger charge is -2.32. The third-order valence-electron chi connectivity index (χ3n) is 7.20. The number of thiophene rings is 1. The molecule has 5 aromatic carbocycles. The Morgan fingerprint density at radius 1 is 0.576 bits per heavy atom. The maximum absolute atomic E-state index is 2.48. The minimum absolute atomic E-state index is 1.32. The predicted octanol–water partition coefficient (Wildman–Crippen LogP) is 5.72. The van der Waals surface area contributed by atoms with E-state index in [4.69, 9.17) is 0 Å². The Kier molecular flexibility index (Phi) is 4.05. The summed E-state index contributed by atoms with van der Waals surface area (Å²) in [5.74, 6) is 0. The second kappa shape index (κ2) is 7.02. The maximum atomic E-state index is 2.39. The number of benzene rings is 5. The molecule has 0 amide bonds. The van der Waals surface area contributed by atoms with Crippen LogP contribution in [-0.4, -0.2) is 8.07 Å². The summed E-state index contributed by atoms with van der Waals surface area (Å²) in [7, 11) is -2.48. The molecule has 0 N–H and O–H groups in total. The van der Waals surface area contributed by atoms with Gasteiger partial charge >= 0.3 is 0 Å². The zero-order chi connectivity index (χ0) is 22.0. The molecule has 0 atom stereocenters. The molecule has 6 aromatic rings. The van der Waals surface area contributed by atoms with Crippen LogP contribution >= 0.6 is 11.3 Å². The SMILES string of the molecule is Cc1ccc2c(c1)sc1ccc3c(c12)[Si](c1ccccc1)(c1ccccc1)c1ccccc1-3. The van der Waals surface area contributed by atoms with Crippen LogP contribution in [0.25, 0.3) is 31.3 Å². The molecule has 1 aromatic heterocycles. The average molecular weight is 455 g/mol. The van der Waals surface area contributed by atoms with Crippen molar-refractivity contribution >= 4 is 60.3 Å². The Balaban J connectivity index is 1.76. The summed E-state index contributed by atoms with van der Waals surface area (Å²) in [4.78, 5) is 0. The fourth-order valence-corrected chi connectivity index (χ4v) is 12.6. The van der Waals surface area contributed by atoms with Gasteiger partial charge in [-0.15, -0.1) is 11.3 Å². The Hall–Kier alpha value is -3.46. The van der Waals surface area contributed by atoms with Crippen molar-refractivity contribution in [2.45, 2.75) is 6.92 Å². The molecule has 1 aliphatic heterocycles. The molecule has 33 heavy (non-hydrogen) atoms. The summed E-state index contributed by atoms with van der Waals surface area (Å²) in [5.41, 5.74) is 4.14. The van der Waals surface area contributed by atoms with Gasteiger partial charge in [0.05, 0.1) is 0 Å². The van der Waals surface area contributed by atoms with Gasteiger partial charge in [-0.3, -0.25) is 0 Å². The monoisotopic (exact) mass is 454 g/mol. The van der Waals surface area contributed by atoms with Gasteiger partial charge < -0.3 is 0 Å². The number of hydrogen-bond donors (Lipinski definition) is 0. The van der Waals surface area contributed by atoms with Gasteiger partial charge in [-0.05, 0) is 56.5 Å². The normalized spacial score (nSPS) is 13.8. The standard InChI is InChI=1S/C31H22SSi/c1-21-16-17-26-28(20-21)32-27-19-18-25-24-14-8-9-15-29(24)33(31(25)30(26)27,22-10-4-2-5-11-22)23-12-6-3-7-13-23/h2-20H,1H3. The summed E-state index contributed by atoms with van der Waals surface area (Å²) >= 11 is 1.93. The molecule has 0 spiro atoms. The maximum Gasteiger partial charge on any atom is 0.181 e. The molecule has 0 nitrogen and oxygen atoms in total. The van der Waals surface area contributed by atoms with E-state index in [0.29, 0.717) is 0 Å². The van der Waals surface area contributed by atoms with Crippen LogP contribution in [-0.2, 0) is 0 Å². The summed E-state index contributed by atoms with van der Waals surface area (Å²) in [6.45, 7) is 2.19. The molecule has 0 saturated carbocycles. The van der Waals surface area contributed by atoms with Crippen LogP contribution < -0.4 is 20.7 Å². The third-order valence-corrected chi connectivity index (χ3v) is 13.2. The van der Waals surface area contributed by atoms with Crippen molar-refractivity contribution in [2.24, 2.45) is 0 Å². The van der Waals surface area contributed by atoms with E-state index in [2.05, 4.69) is 122 Å². The Morgan fingerprint density at radius 3 is 1.97 bits per heavy atom. The molecule has 2 heterocycles. The van der Waals surface area contributed by atoms with Gasteiger partial charge in [0.1, 0.15) is 0 Å². The van der Waals surface area contributed by atoms with E-state index < -0.39 is 8.07 Å². The number of aryl methyl sites for hydroxylation is 1. The first-order valence-corrected chi connectivity index (χ1v) is 14.3. The first-order chi connectivity index (χ1) is 16.3. The van der Waals surface area contributed by atoms with Crippen molar-refractivity contribution in [2.75, 3.05) is 0 Å². The van der Waals surface area contributed by atoms with Gasteiger partial charge in [0.2, 0.25) is 0 Å². The zero-order valence-corrected chi connectivity index (χ0v) is 20.2. The van der Waals surface area contributed by atoms with Crippen molar-refractivity contribution in [3.05, 3.63) is 121 Å². The Bertz CT molecular complexity index is 1620. The van der Waals surface area contributed by atoms with Crippen molar-refractivity contribution < 1.29 is 0 Å². The summed E-state index contributed by atoms with van der Waals surface area (Å²) in [6, 6.07) is 43.4. The first-order valence-electron chi connectivity index (χ1n) is 11.5. The van der Waals surface area contributed by atoms with E-state index in [1.165, 1.54) is 52.4 Å². The van der Waals surface area contributed by atoms with Crippen LogP contribution in [0.4, 0.5) is 0 Å². The molecule has 0 radical (unpaired) electrons. The lowest BCUT2D eigenvalue weighted by Crippen LogP contribution is -2.72. The predicted molar refractivity (Wildman–Crippen MR) is 147 cm³/mol. The largest absolute Gasteiger partial charge is 0.181 e. The third kappa shape index (κ3) is 2.51. The van der Waals surface area contributed by atoms with E-state index in [9.17, 15) is 0 Å². The molecule has 0 bridgehead atoms.